The van der Waals surface area contributed by atoms with E-state index < -0.39 is 5.91 Å². The maximum atomic E-state index is 11.9. The fourth-order valence-corrected chi connectivity index (χ4v) is 2.68. The minimum Gasteiger partial charge on any atom is -0.366 e. The number of carbonyl (C=O) groups is 1. The Hall–Kier alpha value is -2.55. The number of carbonyl (C=O) groups excluding carboxylic acids is 1. The highest BCUT2D eigenvalue weighted by Gasteiger charge is 2.19. The molecule has 0 aliphatic rings. The molecule has 0 aliphatic carbocycles. The largest absolute Gasteiger partial charge is 0.366 e. The standard InChI is InChI=1S/C17H16N2O/c1-2-11-9-6-10-13-14(11)15(17(18)20)16(19-13)12-7-4-3-5-8-12/h3-10,19H,2H2,1H3,(H2,18,20). The van der Waals surface area contributed by atoms with E-state index in [1.54, 1.807) is 0 Å². The highest BCUT2D eigenvalue weighted by Crippen LogP contribution is 2.32. The minimum absolute atomic E-state index is 0.393. The molecule has 0 saturated carbocycles. The second-order valence-electron chi connectivity index (χ2n) is 4.80. The first-order valence-electron chi connectivity index (χ1n) is 6.71. The summed E-state index contributed by atoms with van der Waals surface area (Å²) in [5.41, 5.74) is 10.1. The van der Waals surface area contributed by atoms with Gasteiger partial charge in [-0.1, -0.05) is 49.4 Å². The fourth-order valence-electron chi connectivity index (χ4n) is 2.68. The van der Waals surface area contributed by atoms with Crippen molar-refractivity contribution in [3.8, 4) is 11.3 Å². The number of aromatic amines is 1. The summed E-state index contributed by atoms with van der Waals surface area (Å²) >= 11 is 0. The van der Waals surface area contributed by atoms with Gasteiger partial charge in [0.1, 0.15) is 0 Å². The predicted molar refractivity (Wildman–Crippen MR) is 81.6 cm³/mol. The van der Waals surface area contributed by atoms with Gasteiger partial charge in [0, 0.05) is 10.9 Å². The van der Waals surface area contributed by atoms with Crippen molar-refractivity contribution >= 4 is 16.8 Å². The highest BCUT2D eigenvalue weighted by atomic mass is 16.1. The number of benzene rings is 2. The van der Waals surface area contributed by atoms with Crippen molar-refractivity contribution in [3.63, 3.8) is 0 Å². The molecule has 0 saturated heterocycles. The van der Waals surface area contributed by atoms with Crippen LogP contribution in [-0.4, -0.2) is 10.9 Å². The van der Waals surface area contributed by atoms with Crippen LogP contribution in [0.15, 0.2) is 48.5 Å². The van der Waals surface area contributed by atoms with Crippen LogP contribution in [0.4, 0.5) is 0 Å². The predicted octanol–water partition coefficient (Wildman–Crippen LogP) is 3.50. The van der Waals surface area contributed by atoms with Gasteiger partial charge >= 0.3 is 0 Å². The molecule has 0 unspecified atom stereocenters. The Labute approximate surface area is 117 Å². The van der Waals surface area contributed by atoms with Gasteiger partial charge in [0.2, 0.25) is 0 Å². The molecule has 0 fully saturated rings. The quantitative estimate of drug-likeness (QED) is 0.747. The topological polar surface area (TPSA) is 58.9 Å². The van der Waals surface area contributed by atoms with E-state index in [1.165, 1.54) is 0 Å². The lowest BCUT2D eigenvalue weighted by atomic mass is 10.00. The number of primary amides is 1. The molecular weight excluding hydrogens is 248 g/mol. The zero-order valence-electron chi connectivity index (χ0n) is 11.3. The van der Waals surface area contributed by atoms with E-state index in [2.05, 4.69) is 11.9 Å². The Balaban J connectivity index is 2.39. The van der Waals surface area contributed by atoms with Gasteiger partial charge < -0.3 is 10.7 Å². The summed E-state index contributed by atoms with van der Waals surface area (Å²) in [6.45, 7) is 2.08. The number of nitrogens with two attached hydrogens (primary N) is 1. The van der Waals surface area contributed by atoms with Crippen LogP contribution in [0.3, 0.4) is 0 Å². The number of rotatable bonds is 3. The zero-order chi connectivity index (χ0) is 14.1. The monoisotopic (exact) mass is 264 g/mol. The van der Waals surface area contributed by atoms with E-state index in [0.29, 0.717) is 5.56 Å². The highest BCUT2D eigenvalue weighted by molar-refractivity contribution is 6.12. The summed E-state index contributed by atoms with van der Waals surface area (Å²) in [7, 11) is 0. The van der Waals surface area contributed by atoms with Crippen LogP contribution < -0.4 is 5.73 Å². The molecule has 100 valence electrons. The Morgan fingerprint density at radius 3 is 2.50 bits per heavy atom. The van der Waals surface area contributed by atoms with E-state index in [-0.39, 0.29) is 0 Å². The van der Waals surface area contributed by atoms with Gasteiger partial charge in [0.15, 0.2) is 0 Å². The van der Waals surface area contributed by atoms with Crippen molar-refractivity contribution < 1.29 is 4.79 Å². The minimum atomic E-state index is -0.393. The third kappa shape index (κ3) is 1.88. The van der Waals surface area contributed by atoms with E-state index in [0.717, 1.165) is 34.1 Å². The number of fused-ring (bicyclic) bond motifs is 1. The molecule has 1 heterocycles. The first-order chi connectivity index (χ1) is 9.72. The number of hydrogen-bond acceptors (Lipinski definition) is 1. The summed E-state index contributed by atoms with van der Waals surface area (Å²) < 4.78 is 0. The van der Waals surface area contributed by atoms with Crippen molar-refractivity contribution in [2.75, 3.05) is 0 Å². The smallest absolute Gasteiger partial charge is 0.251 e. The van der Waals surface area contributed by atoms with Crippen LogP contribution in [0.5, 0.6) is 0 Å². The summed E-state index contributed by atoms with van der Waals surface area (Å²) in [6.07, 6.45) is 0.865. The van der Waals surface area contributed by atoms with Crippen molar-refractivity contribution in [2.45, 2.75) is 13.3 Å². The Kier molecular flexibility index (Phi) is 3.03. The number of aromatic nitrogens is 1. The maximum Gasteiger partial charge on any atom is 0.251 e. The molecule has 0 atom stereocenters. The second kappa shape index (κ2) is 4.85. The van der Waals surface area contributed by atoms with Gasteiger partial charge in [-0.3, -0.25) is 4.79 Å². The van der Waals surface area contributed by atoms with E-state index >= 15 is 0 Å². The van der Waals surface area contributed by atoms with Gasteiger partial charge in [-0.25, -0.2) is 0 Å². The summed E-state index contributed by atoms with van der Waals surface area (Å²) in [5.74, 6) is -0.393. The van der Waals surface area contributed by atoms with Crippen molar-refractivity contribution in [3.05, 3.63) is 59.7 Å². The normalized spacial score (nSPS) is 10.8. The SMILES string of the molecule is CCc1cccc2[nH]c(-c3ccccc3)c(C(N)=O)c12. The molecular formula is C17H16N2O. The molecule has 3 rings (SSSR count). The molecule has 3 aromatic rings. The van der Waals surface area contributed by atoms with Gasteiger partial charge in [0.05, 0.1) is 11.3 Å². The molecule has 0 aliphatic heterocycles. The van der Waals surface area contributed by atoms with Crippen molar-refractivity contribution in [1.82, 2.24) is 4.98 Å². The molecule has 3 N–H and O–H groups in total. The van der Waals surface area contributed by atoms with Crippen LogP contribution in [0, 0.1) is 0 Å². The number of hydrogen-bond donors (Lipinski definition) is 2. The first kappa shape index (κ1) is 12.5. The third-order valence-corrected chi connectivity index (χ3v) is 3.60. The average Bonchev–Trinajstić information content (AvgIpc) is 2.87. The van der Waals surface area contributed by atoms with Crippen LogP contribution in [-0.2, 0) is 6.42 Å². The molecule has 1 amide bonds. The number of aryl methyl sites for hydroxylation is 1. The average molecular weight is 264 g/mol. The lowest BCUT2D eigenvalue weighted by molar-refractivity contribution is 0.100. The van der Waals surface area contributed by atoms with E-state index in [1.807, 2.05) is 48.5 Å². The fraction of sp³-hybridized carbons (Fsp3) is 0.118. The Morgan fingerprint density at radius 1 is 1.10 bits per heavy atom. The van der Waals surface area contributed by atoms with Gasteiger partial charge in [-0.05, 0) is 23.6 Å². The summed E-state index contributed by atoms with van der Waals surface area (Å²) in [4.78, 5) is 15.3. The molecule has 3 nitrogen and oxygen atoms in total. The van der Waals surface area contributed by atoms with E-state index in [9.17, 15) is 4.79 Å². The number of H-pyrrole nitrogens is 1. The van der Waals surface area contributed by atoms with Crippen molar-refractivity contribution in [1.29, 1.82) is 0 Å². The van der Waals surface area contributed by atoms with E-state index in [4.69, 9.17) is 5.73 Å². The molecule has 0 radical (unpaired) electrons. The molecule has 1 aromatic heterocycles. The Bertz CT molecular complexity index is 772. The van der Waals surface area contributed by atoms with Crippen molar-refractivity contribution in [2.24, 2.45) is 5.73 Å². The van der Waals surface area contributed by atoms with Gasteiger partial charge in [0.25, 0.3) is 5.91 Å². The Morgan fingerprint density at radius 2 is 1.85 bits per heavy atom. The number of amides is 1. The maximum absolute atomic E-state index is 11.9. The van der Waals surface area contributed by atoms with Crippen LogP contribution in [0.25, 0.3) is 22.2 Å². The van der Waals surface area contributed by atoms with Crippen LogP contribution in [0.2, 0.25) is 0 Å². The zero-order valence-corrected chi connectivity index (χ0v) is 11.3. The lowest BCUT2D eigenvalue weighted by Crippen LogP contribution is -2.12. The summed E-state index contributed by atoms with van der Waals surface area (Å²) in [5, 5.41) is 0.946. The molecule has 20 heavy (non-hydrogen) atoms. The molecule has 0 bridgehead atoms. The number of nitrogens with one attached hydrogen (secondary N) is 1. The third-order valence-electron chi connectivity index (χ3n) is 3.60. The van der Waals surface area contributed by atoms with Crippen LogP contribution in [0.1, 0.15) is 22.8 Å². The van der Waals surface area contributed by atoms with Gasteiger partial charge in [-0.2, -0.15) is 0 Å². The molecule has 2 aromatic carbocycles. The van der Waals surface area contributed by atoms with Gasteiger partial charge in [-0.15, -0.1) is 0 Å². The van der Waals surface area contributed by atoms with Crippen LogP contribution >= 0.6 is 0 Å². The lowest BCUT2D eigenvalue weighted by Gasteiger charge is -2.03. The molecule has 0 spiro atoms. The summed E-state index contributed by atoms with van der Waals surface area (Å²) in [6, 6.07) is 15.8. The first-order valence-corrected chi connectivity index (χ1v) is 6.71. The molecule has 3 heteroatoms. The second-order valence-corrected chi connectivity index (χ2v) is 4.80.